The molecule has 1 heterocycles. The summed E-state index contributed by atoms with van der Waals surface area (Å²) < 4.78 is 5.13. The standard InChI is InChI=1S/C20H19N3O3S/c1-23(12-18(24)21-15-9-6-10-16(11-15)26-2)20(25)17-13-27-19(22-17)14-7-4-3-5-8-14/h3-11,13H,12H2,1-2H3,(H,21,24). The zero-order chi connectivity index (χ0) is 19.2. The fourth-order valence-electron chi connectivity index (χ4n) is 2.47. The highest BCUT2D eigenvalue weighted by Crippen LogP contribution is 2.23. The average Bonchev–Trinajstić information content (AvgIpc) is 3.18. The molecule has 138 valence electrons. The van der Waals surface area contributed by atoms with Crippen LogP contribution in [0, 0.1) is 0 Å². The minimum Gasteiger partial charge on any atom is -0.497 e. The van der Waals surface area contributed by atoms with Crippen molar-refractivity contribution in [3.63, 3.8) is 0 Å². The average molecular weight is 381 g/mol. The molecule has 0 atom stereocenters. The van der Waals surface area contributed by atoms with Gasteiger partial charge in [-0.25, -0.2) is 4.98 Å². The van der Waals surface area contributed by atoms with Crippen LogP contribution in [0.2, 0.25) is 0 Å². The number of hydrogen-bond donors (Lipinski definition) is 1. The molecule has 7 heteroatoms. The van der Waals surface area contributed by atoms with E-state index in [0.717, 1.165) is 10.6 Å². The zero-order valence-electron chi connectivity index (χ0n) is 15.0. The fourth-order valence-corrected chi connectivity index (χ4v) is 3.27. The Morgan fingerprint density at radius 2 is 1.93 bits per heavy atom. The van der Waals surface area contributed by atoms with Gasteiger partial charge in [-0.2, -0.15) is 0 Å². The van der Waals surface area contributed by atoms with Crippen molar-refractivity contribution in [3.8, 4) is 16.3 Å². The molecule has 0 radical (unpaired) electrons. The highest BCUT2D eigenvalue weighted by molar-refractivity contribution is 7.13. The third-order valence-electron chi connectivity index (χ3n) is 3.83. The third-order valence-corrected chi connectivity index (χ3v) is 4.72. The van der Waals surface area contributed by atoms with E-state index in [1.54, 1.807) is 43.8 Å². The Labute approximate surface area is 161 Å². The van der Waals surface area contributed by atoms with E-state index in [1.165, 1.54) is 16.2 Å². The van der Waals surface area contributed by atoms with Crippen LogP contribution >= 0.6 is 11.3 Å². The summed E-state index contributed by atoms with van der Waals surface area (Å²) in [4.78, 5) is 30.5. The topological polar surface area (TPSA) is 71.5 Å². The van der Waals surface area contributed by atoms with Gasteiger partial charge in [0.25, 0.3) is 5.91 Å². The largest absolute Gasteiger partial charge is 0.497 e. The van der Waals surface area contributed by atoms with E-state index in [-0.39, 0.29) is 18.4 Å². The molecule has 3 rings (SSSR count). The Kier molecular flexibility index (Phi) is 5.83. The Morgan fingerprint density at radius 3 is 2.67 bits per heavy atom. The van der Waals surface area contributed by atoms with Crippen molar-refractivity contribution < 1.29 is 14.3 Å². The Bertz CT molecular complexity index is 940. The molecule has 1 aromatic heterocycles. The van der Waals surface area contributed by atoms with Gasteiger partial charge in [0.2, 0.25) is 5.91 Å². The van der Waals surface area contributed by atoms with Crippen molar-refractivity contribution in [1.29, 1.82) is 0 Å². The van der Waals surface area contributed by atoms with E-state index in [1.807, 2.05) is 30.3 Å². The van der Waals surface area contributed by atoms with Crippen LogP contribution in [0.1, 0.15) is 10.5 Å². The quantitative estimate of drug-likeness (QED) is 0.709. The number of benzene rings is 2. The first-order valence-corrected chi connectivity index (χ1v) is 9.15. The van der Waals surface area contributed by atoms with Crippen molar-refractivity contribution in [2.45, 2.75) is 0 Å². The number of hydrogen-bond acceptors (Lipinski definition) is 5. The van der Waals surface area contributed by atoms with Gasteiger partial charge >= 0.3 is 0 Å². The van der Waals surface area contributed by atoms with E-state index in [4.69, 9.17) is 4.74 Å². The molecule has 2 amide bonds. The summed E-state index contributed by atoms with van der Waals surface area (Å²) in [6.45, 7) is -0.0752. The number of rotatable bonds is 6. The molecule has 0 aliphatic rings. The molecule has 0 saturated heterocycles. The second-order valence-electron chi connectivity index (χ2n) is 5.85. The lowest BCUT2D eigenvalue weighted by Gasteiger charge is -2.15. The molecule has 0 aliphatic heterocycles. The number of nitrogens with one attached hydrogen (secondary N) is 1. The molecule has 1 N–H and O–H groups in total. The van der Waals surface area contributed by atoms with E-state index in [2.05, 4.69) is 10.3 Å². The number of anilines is 1. The fraction of sp³-hybridized carbons (Fsp3) is 0.150. The second kappa shape index (κ2) is 8.46. The SMILES string of the molecule is COc1cccc(NC(=O)CN(C)C(=O)c2csc(-c3ccccc3)n2)c1. The molecule has 3 aromatic rings. The van der Waals surface area contributed by atoms with Crippen LogP contribution in [-0.4, -0.2) is 42.4 Å². The number of ether oxygens (including phenoxy) is 1. The van der Waals surface area contributed by atoms with E-state index in [0.29, 0.717) is 17.1 Å². The van der Waals surface area contributed by atoms with E-state index >= 15 is 0 Å². The van der Waals surface area contributed by atoms with Gasteiger partial charge in [0.1, 0.15) is 16.5 Å². The Hall–Kier alpha value is -3.19. The maximum absolute atomic E-state index is 12.5. The summed E-state index contributed by atoms with van der Waals surface area (Å²) in [7, 11) is 3.14. The molecule has 0 unspecified atom stereocenters. The normalized spacial score (nSPS) is 10.3. The third kappa shape index (κ3) is 4.71. The molecule has 27 heavy (non-hydrogen) atoms. The number of likely N-dealkylation sites (N-methyl/N-ethyl adjacent to an activating group) is 1. The maximum atomic E-state index is 12.5. The molecule has 0 aliphatic carbocycles. The van der Waals surface area contributed by atoms with E-state index in [9.17, 15) is 9.59 Å². The van der Waals surface area contributed by atoms with Crippen LogP contribution in [0.3, 0.4) is 0 Å². The maximum Gasteiger partial charge on any atom is 0.273 e. The van der Waals surface area contributed by atoms with Crippen LogP contribution in [0.5, 0.6) is 5.75 Å². The van der Waals surface area contributed by atoms with Gasteiger partial charge in [0.15, 0.2) is 0 Å². The zero-order valence-corrected chi connectivity index (χ0v) is 15.8. The van der Waals surface area contributed by atoms with Crippen molar-refractivity contribution in [2.75, 3.05) is 26.0 Å². The number of thiazole rings is 1. The lowest BCUT2D eigenvalue weighted by Crippen LogP contribution is -2.35. The van der Waals surface area contributed by atoms with Gasteiger partial charge in [0, 0.05) is 29.7 Å². The lowest BCUT2D eigenvalue weighted by molar-refractivity contribution is -0.116. The van der Waals surface area contributed by atoms with Crippen molar-refractivity contribution in [1.82, 2.24) is 9.88 Å². The molecule has 0 saturated carbocycles. The monoisotopic (exact) mass is 381 g/mol. The van der Waals surface area contributed by atoms with Crippen LogP contribution in [0.25, 0.3) is 10.6 Å². The summed E-state index contributed by atoms with van der Waals surface area (Å²) in [6, 6.07) is 16.7. The number of amides is 2. The number of nitrogens with zero attached hydrogens (tertiary/aromatic N) is 2. The summed E-state index contributed by atoms with van der Waals surface area (Å²) >= 11 is 1.40. The molecule has 0 fully saturated rings. The molecule has 2 aromatic carbocycles. The number of methoxy groups -OCH3 is 1. The second-order valence-corrected chi connectivity index (χ2v) is 6.70. The number of carbonyl (C=O) groups is 2. The number of carbonyl (C=O) groups excluding carboxylic acids is 2. The van der Waals surface area contributed by atoms with Crippen LogP contribution in [-0.2, 0) is 4.79 Å². The number of aromatic nitrogens is 1. The van der Waals surface area contributed by atoms with Gasteiger partial charge < -0.3 is 15.0 Å². The summed E-state index contributed by atoms with van der Waals surface area (Å²) in [5.74, 6) is 0.0555. The first-order valence-electron chi connectivity index (χ1n) is 8.27. The predicted octanol–water partition coefficient (Wildman–Crippen LogP) is 3.53. The highest BCUT2D eigenvalue weighted by atomic mass is 32.1. The van der Waals surface area contributed by atoms with Crippen molar-refractivity contribution >= 4 is 28.8 Å². The van der Waals surface area contributed by atoms with Gasteiger partial charge in [0.05, 0.1) is 13.7 Å². The van der Waals surface area contributed by atoms with Gasteiger partial charge in [-0.1, -0.05) is 36.4 Å². The molecule has 0 spiro atoms. The minimum atomic E-state index is -0.297. The molecular weight excluding hydrogens is 362 g/mol. The Balaban J connectivity index is 1.62. The van der Waals surface area contributed by atoms with Crippen LogP contribution < -0.4 is 10.1 Å². The summed E-state index contributed by atoms with van der Waals surface area (Å²) in [5.41, 5.74) is 1.90. The van der Waals surface area contributed by atoms with Gasteiger partial charge in [-0.05, 0) is 12.1 Å². The highest BCUT2D eigenvalue weighted by Gasteiger charge is 2.18. The van der Waals surface area contributed by atoms with Crippen LogP contribution in [0.4, 0.5) is 5.69 Å². The van der Waals surface area contributed by atoms with Crippen molar-refractivity contribution in [3.05, 3.63) is 65.7 Å². The Morgan fingerprint density at radius 1 is 1.15 bits per heavy atom. The van der Waals surface area contributed by atoms with E-state index < -0.39 is 0 Å². The van der Waals surface area contributed by atoms with Crippen molar-refractivity contribution in [2.24, 2.45) is 0 Å². The minimum absolute atomic E-state index is 0.0752. The molecule has 0 bridgehead atoms. The molecular formula is C20H19N3O3S. The summed E-state index contributed by atoms with van der Waals surface area (Å²) in [6.07, 6.45) is 0. The first-order chi connectivity index (χ1) is 13.1. The predicted molar refractivity (Wildman–Crippen MR) is 106 cm³/mol. The summed E-state index contributed by atoms with van der Waals surface area (Å²) in [5, 5.41) is 5.24. The molecule has 6 nitrogen and oxygen atoms in total. The smallest absolute Gasteiger partial charge is 0.273 e. The van der Waals surface area contributed by atoms with Crippen LogP contribution in [0.15, 0.2) is 60.0 Å². The first kappa shape index (κ1) is 18.6. The van der Waals surface area contributed by atoms with Gasteiger partial charge in [-0.15, -0.1) is 11.3 Å². The lowest BCUT2D eigenvalue weighted by atomic mass is 10.2. The van der Waals surface area contributed by atoms with Gasteiger partial charge in [-0.3, -0.25) is 9.59 Å².